The average Bonchev–Trinajstić information content (AvgIpc) is 1.94. The van der Waals surface area contributed by atoms with Crippen molar-refractivity contribution in [2.45, 2.75) is 37.8 Å². The molecule has 4 unspecified atom stereocenters. The molecule has 1 saturated heterocycles. The summed E-state index contributed by atoms with van der Waals surface area (Å²) in [5.74, 6) is 0. The summed E-state index contributed by atoms with van der Waals surface area (Å²) < 4.78 is 17.6. The van der Waals surface area contributed by atoms with Gasteiger partial charge in [-0.05, 0) is 13.3 Å². The van der Waals surface area contributed by atoms with Gasteiger partial charge < -0.3 is 14.9 Å². The largest absolute Gasteiger partial charge is 0.390 e. The topological polar surface area (TPSA) is 49.7 Å². The molecule has 0 radical (unpaired) electrons. The molecule has 0 amide bonds. The van der Waals surface area contributed by atoms with Gasteiger partial charge in [-0.2, -0.15) is 0 Å². The molecule has 0 aromatic heterocycles. The molecule has 0 saturated carbocycles. The van der Waals surface area contributed by atoms with Gasteiger partial charge in [-0.25, -0.2) is 4.39 Å². The monoisotopic (exact) mass is 164 g/mol. The molecule has 1 heterocycles. The van der Waals surface area contributed by atoms with E-state index in [1.807, 2.05) is 0 Å². The Bertz CT molecular complexity index is 129. The summed E-state index contributed by atoms with van der Waals surface area (Å²) in [5, 5.41) is 18.3. The van der Waals surface area contributed by atoms with Gasteiger partial charge in [-0.15, -0.1) is 0 Å². The SMILES string of the molecule is CC(F)C1OCCC(O)C1O. The Kier molecular flexibility index (Phi) is 2.81. The third-order valence-corrected chi connectivity index (χ3v) is 1.91. The van der Waals surface area contributed by atoms with Crippen LogP contribution in [0.5, 0.6) is 0 Å². The van der Waals surface area contributed by atoms with E-state index in [1.165, 1.54) is 6.92 Å². The van der Waals surface area contributed by atoms with Crippen molar-refractivity contribution in [2.75, 3.05) is 6.61 Å². The molecule has 11 heavy (non-hydrogen) atoms. The van der Waals surface area contributed by atoms with Crippen LogP contribution in [0.1, 0.15) is 13.3 Å². The number of alkyl halides is 1. The van der Waals surface area contributed by atoms with Crippen LogP contribution in [0.25, 0.3) is 0 Å². The number of hydrogen-bond donors (Lipinski definition) is 2. The highest BCUT2D eigenvalue weighted by Crippen LogP contribution is 2.18. The normalized spacial score (nSPS) is 42.0. The van der Waals surface area contributed by atoms with Gasteiger partial charge in [0.2, 0.25) is 0 Å². The molecule has 1 fully saturated rings. The number of halogens is 1. The Balaban J connectivity index is 2.51. The van der Waals surface area contributed by atoms with Crippen LogP contribution >= 0.6 is 0 Å². The van der Waals surface area contributed by atoms with Crippen molar-refractivity contribution in [3.63, 3.8) is 0 Å². The number of aliphatic hydroxyl groups excluding tert-OH is 2. The third kappa shape index (κ3) is 1.89. The van der Waals surface area contributed by atoms with Crippen LogP contribution in [0.4, 0.5) is 4.39 Å². The standard InChI is InChI=1S/C7H13FO3/c1-4(8)7-6(10)5(9)2-3-11-7/h4-7,9-10H,2-3H2,1H3. The fourth-order valence-electron chi connectivity index (χ4n) is 1.22. The second-order valence-corrected chi connectivity index (χ2v) is 2.86. The molecule has 3 nitrogen and oxygen atoms in total. The van der Waals surface area contributed by atoms with E-state index in [4.69, 9.17) is 9.84 Å². The summed E-state index contributed by atoms with van der Waals surface area (Å²) >= 11 is 0. The second kappa shape index (κ2) is 3.47. The molecule has 0 aliphatic carbocycles. The lowest BCUT2D eigenvalue weighted by molar-refractivity contribution is -0.154. The van der Waals surface area contributed by atoms with Crippen LogP contribution in [0.3, 0.4) is 0 Å². The first kappa shape index (κ1) is 8.90. The van der Waals surface area contributed by atoms with E-state index in [0.717, 1.165) is 0 Å². The van der Waals surface area contributed by atoms with Crippen LogP contribution in [0.2, 0.25) is 0 Å². The Morgan fingerprint density at radius 2 is 2.18 bits per heavy atom. The van der Waals surface area contributed by atoms with E-state index in [9.17, 15) is 9.50 Å². The van der Waals surface area contributed by atoms with Crippen molar-refractivity contribution in [1.82, 2.24) is 0 Å². The minimum absolute atomic E-state index is 0.317. The fourth-order valence-corrected chi connectivity index (χ4v) is 1.22. The van der Waals surface area contributed by atoms with Gasteiger partial charge in [0, 0.05) is 6.61 Å². The molecule has 1 rings (SSSR count). The zero-order valence-electron chi connectivity index (χ0n) is 6.40. The van der Waals surface area contributed by atoms with Crippen molar-refractivity contribution < 1.29 is 19.3 Å². The second-order valence-electron chi connectivity index (χ2n) is 2.86. The lowest BCUT2D eigenvalue weighted by Crippen LogP contribution is -2.48. The van der Waals surface area contributed by atoms with E-state index >= 15 is 0 Å². The molecule has 4 atom stereocenters. The number of aliphatic hydroxyl groups is 2. The Morgan fingerprint density at radius 1 is 1.55 bits per heavy atom. The van der Waals surface area contributed by atoms with Crippen molar-refractivity contribution in [3.05, 3.63) is 0 Å². The lowest BCUT2D eigenvalue weighted by atomic mass is 10.00. The predicted molar refractivity (Wildman–Crippen MR) is 36.9 cm³/mol. The number of ether oxygens (including phenoxy) is 1. The van der Waals surface area contributed by atoms with Crippen molar-refractivity contribution in [2.24, 2.45) is 0 Å². The highest BCUT2D eigenvalue weighted by Gasteiger charge is 2.35. The summed E-state index contributed by atoms with van der Waals surface area (Å²) in [7, 11) is 0. The first-order valence-corrected chi connectivity index (χ1v) is 3.74. The van der Waals surface area contributed by atoms with Crippen LogP contribution in [-0.4, -0.2) is 41.3 Å². The zero-order valence-corrected chi connectivity index (χ0v) is 6.40. The molecule has 2 N–H and O–H groups in total. The molecule has 0 spiro atoms. The molecule has 0 aromatic rings. The quantitative estimate of drug-likeness (QED) is 0.567. The molecule has 0 bridgehead atoms. The summed E-state index contributed by atoms with van der Waals surface area (Å²) in [5.41, 5.74) is 0. The Labute approximate surface area is 64.8 Å². The molecule has 1 aliphatic rings. The van der Waals surface area contributed by atoms with Crippen molar-refractivity contribution in [1.29, 1.82) is 0 Å². The van der Waals surface area contributed by atoms with Gasteiger partial charge in [0.05, 0.1) is 6.10 Å². The van der Waals surface area contributed by atoms with Crippen LogP contribution in [-0.2, 0) is 4.74 Å². The van der Waals surface area contributed by atoms with Crippen LogP contribution < -0.4 is 0 Å². The predicted octanol–water partition coefficient (Wildman–Crippen LogP) is -0.145. The molecular formula is C7H13FO3. The molecule has 4 heteroatoms. The highest BCUT2D eigenvalue weighted by atomic mass is 19.1. The van der Waals surface area contributed by atoms with Gasteiger partial charge >= 0.3 is 0 Å². The maximum Gasteiger partial charge on any atom is 0.126 e. The van der Waals surface area contributed by atoms with E-state index < -0.39 is 24.5 Å². The van der Waals surface area contributed by atoms with Gasteiger partial charge in [-0.1, -0.05) is 0 Å². The highest BCUT2D eigenvalue weighted by molar-refractivity contribution is 4.83. The van der Waals surface area contributed by atoms with E-state index in [2.05, 4.69) is 0 Å². The van der Waals surface area contributed by atoms with Crippen molar-refractivity contribution in [3.8, 4) is 0 Å². The minimum Gasteiger partial charge on any atom is -0.390 e. The van der Waals surface area contributed by atoms with Crippen molar-refractivity contribution >= 4 is 0 Å². The van der Waals surface area contributed by atoms with Crippen LogP contribution in [0.15, 0.2) is 0 Å². The zero-order chi connectivity index (χ0) is 8.43. The Morgan fingerprint density at radius 3 is 2.64 bits per heavy atom. The van der Waals surface area contributed by atoms with E-state index in [1.54, 1.807) is 0 Å². The van der Waals surface area contributed by atoms with E-state index in [-0.39, 0.29) is 0 Å². The summed E-state index contributed by atoms with van der Waals surface area (Å²) in [6.45, 7) is 1.63. The van der Waals surface area contributed by atoms with Gasteiger partial charge in [0.25, 0.3) is 0 Å². The smallest absolute Gasteiger partial charge is 0.126 e. The lowest BCUT2D eigenvalue weighted by Gasteiger charge is -2.32. The fraction of sp³-hybridized carbons (Fsp3) is 1.00. The number of hydrogen-bond acceptors (Lipinski definition) is 3. The first-order chi connectivity index (χ1) is 5.13. The van der Waals surface area contributed by atoms with E-state index in [0.29, 0.717) is 13.0 Å². The molecule has 1 aliphatic heterocycles. The first-order valence-electron chi connectivity index (χ1n) is 3.74. The van der Waals surface area contributed by atoms with Crippen LogP contribution in [0, 0.1) is 0 Å². The maximum absolute atomic E-state index is 12.6. The summed E-state index contributed by atoms with van der Waals surface area (Å²) in [6.07, 6.45) is -3.64. The van der Waals surface area contributed by atoms with Gasteiger partial charge in [-0.3, -0.25) is 0 Å². The molecule has 0 aromatic carbocycles. The average molecular weight is 164 g/mol. The van der Waals surface area contributed by atoms with Gasteiger partial charge in [0.15, 0.2) is 0 Å². The third-order valence-electron chi connectivity index (χ3n) is 1.91. The van der Waals surface area contributed by atoms with Gasteiger partial charge in [0.1, 0.15) is 18.4 Å². The maximum atomic E-state index is 12.6. The minimum atomic E-state index is -1.24. The Hall–Kier alpha value is -0.190. The molecular weight excluding hydrogens is 151 g/mol. The summed E-state index contributed by atoms with van der Waals surface area (Å²) in [6, 6.07) is 0. The number of rotatable bonds is 1. The molecule has 66 valence electrons. The summed E-state index contributed by atoms with van der Waals surface area (Å²) in [4.78, 5) is 0.